The van der Waals surface area contributed by atoms with Crippen LogP contribution in [-0.2, 0) is 13.6 Å². The zero-order valence-electron chi connectivity index (χ0n) is 12.5. The lowest BCUT2D eigenvalue weighted by Gasteiger charge is -2.38. The molecule has 1 aromatic rings. The van der Waals surface area contributed by atoms with Crippen LogP contribution in [0, 0.1) is 18.3 Å². The first-order valence-electron chi connectivity index (χ1n) is 7.07. The number of imidazole rings is 1. The summed E-state index contributed by atoms with van der Waals surface area (Å²) in [6, 6.07) is 0. The Labute approximate surface area is 111 Å². The number of hydrogen-bond donors (Lipinski definition) is 0. The second-order valence-corrected chi connectivity index (χ2v) is 6.77. The van der Waals surface area contributed by atoms with E-state index in [9.17, 15) is 0 Å². The number of likely N-dealkylation sites (tertiary alicyclic amines) is 1. The Morgan fingerprint density at radius 3 is 2.33 bits per heavy atom. The molecule has 1 aliphatic heterocycles. The van der Waals surface area contributed by atoms with Gasteiger partial charge in [0.05, 0.1) is 5.69 Å². The monoisotopic (exact) mass is 249 g/mol. The lowest BCUT2D eigenvalue weighted by molar-refractivity contribution is 0.106. The van der Waals surface area contributed by atoms with E-state index in [-0.39, 0.29) is 0 Å². The van der Waals surface area contributed by atoms with E-state index in [4.69, 9.17) is 0 Å². The van der Waals surface area contributed by atoms with Gasteiger partial charge in [0.2, 0.25) is 0 Å². The molecule has 2 rings (SSSR count). The molecule has 0 amide bonds. The molecule has 18 heavy (non-hydrogen) atoms. The Balaban J connectivity index is 1.89. The molecule has 0 atom stereocenters. The molecule has 1 fully saturated rings. The summed E-state index contributed by atoms with van der Waals surface area (Å²) in [6.07, 6.45) is 4.69. The number of aromatic nitrogens is 2. The van der Waals surface area contributed by atoms with E-state index in [1.807, 2.05) is 6.20 Å². The summed E-state index contributed by atoms with van der Waals surface area (Å²) in [5, 5.41) is 0. The number of hydrogen-bond acceptors (Lipinski definition) is 2. The van der Waals surface area contributed by atoms with Crippen LogP contribution in [0.25, 0.3) is 0 Å². The lowest BCUT2D eigenvalue weighted by Crippen LogP contribution is -2.37. The average molecular weight is 249 g/mol. The van der Waals surface area contributed by atoms with E-state index in [2.05, 4.69) is 49.2 Å². The van der Waals surface area contributed by atoms with Gasteiger partial charge in [0.1, 0.15) is 5.82 Å². The SMILES string of the molecule is Cc1ncc(CN2CCC(C(C)(C)C)CC2)n1C. The van der Waals surface area contributed by atoms with Crippen molar-refractivity contribution in [1.82, 2.24) is 14.5 Å². The highest BCUT2D eigenvalue weighted by atomic mass is 15.2. The third kappa shape index (κ3) is 2.94. The van der Waals surface area contributed by atoms with Crippen molar-refractivity contribution in [2.75, 3.05) is 13.1 Å². The van der Waals surface area contributed by atoms with Gasteiger partial charge in [-0.15, -0.1) is 0 Å². The van der Waals surface area contributed by atoms with Crippen molar-refractivity contribution in [3.05, 3.63) is 17.7 Å². The summed E-state index contributed by atoms with van der Waals surface area (Å²) >= 11 is 0. The van der Waals surface area contributed by atoms with Crippen LogP contribution >= 0.6 is 0 Å². The minimum Gasteiger partial charge on any atom is -0.334 e. The maximum absolute atomic E-state index is 4.37. The van der Waals surface area contributed by atoms with E-state index in [1.165, 1.54) is 31.6 Å². The Morgan fingerprint density at radius 2 is 1.89 bits per heavy atom. The van der Waals surface area contributed by atoms with E-state index < -0.39 is 0 Å². The van der Waals surface area contributed by atoms with Crippen LogP contribution in [0.3, 0.4) is 0 Å². The highest BCUT2D eigenvalue weighted by molar-refractivity contribution is 5.03. The van der Waals surface area contributed by atoms with Gasteiger partial charge in [0.15, 0.2) is 0 Å². The second kappa shape index (κ2) is 5.04. The molecule has 1 aliphatic rings. The topological polar surface area (TPSA) is 21.1 Å². The fraction of sp³-hybridized carbons (Fsp3) is 0.800. The van der Waals surface area contributed by atoms with Gasteiger partial charge in [0.25, 0.3) is 0 Å². The van der Waals surface area contributed by atoms with Gasteiger partial charge >= 0.3 is 0 Å². The summed E-state index contributed by atoms with van der Waals surface area (Å²) in [7, 11) is 2.11. The quantitative estimate of drug-likeness (QED) is 0.803. The molecule has 0 spiro atoms. The maximum Gasteiger partial charge on any atom is 0.105 e. The smallest absolute Gasteiger partial charge is 0.105 e. The van der Waals surface area contributed by atoms with E-state index in [0.29, 0.717) is 5.41 Å². The summed E-state index contributed by atoms with van der Waals surface area (Å²) < 4.78 is 2.20. The lowest BCUT2D eigenvalue weighted by atomic mass is 9.75. The average Bonchev–Trinajstić information content (AvgIpc) is 2.61. The van der Waals surface area contributed by atoms with Crippen molar-refractivity contribution in [3.63, 3.8) is 0 Å². The van der Waals surface area contributed by atoms with Gasteiger partial charge < -0.3 is 4.57 Å². The van der Waals surface area contributed by atoms with E-state index in [0.717, 1.165) is 18.3 Å². The fourth-order valence-corrected chi connectivity index (χ4v) is 2.88. The van der Waals surface area contributed by atoms with Crippen molar-refractivity contribution >= 4 is 0 Å². The molecule has 0 saturated carbocycles. The van der Waals surface area contributed by atoms with Gasteiger partial charge in [-0.2, -0.15) is 0 Å². The first-order valence-corrected chi connectivity index (χ1v) is 7.07. The third-order valence-corrected chi connectivity index (χ3v) is 4.51. The number of nitrogens with zero attached hydrogens (tertiary/aromatic N) is 3. The fourth-order valence-electron chi connectivity index (χ4n) is 2.88. The summed E-state index contributed by atoms with van der Waals surface area (Å²) in [5.74, 6) is 1.98. The van der Waals surface area contributed by atoms with Crippen LogP contribution < -0.4 is 0 Å². The van der Waals surface area contributed by atoms with Crippen LogP contribution in [0.5, 0.6) is 0 Å². The second-order valence-electron chi connectivity index (χ2n) is 6.77. The highest BCUT2D eigenvalue weighted by Crippen LogP contribution is 2.34. The van der Waals surface area contributed by atoms with Gasteiger partial charge in [-0.25, -0.2) is 4.98 Å². The van der Waals surface area contributed by atoms with E-state index in [1.54, 1.807) is 0 Å². The zero-order chi connectivity index (χ0) is 13.3. The maximum atomic E-state index is 4.37. The molecular formula is C15H27N3. The first-order chi connectivity index (χ1) is 8.38. The highest BCUT2D eigenvalue weighted by Gasteiger charge is 2.28. The molecule has 3 heteroatoms. The van der Waals surface area contributed by atoms with Crippen molar-refractivity contribution in [1.29, 1.82) is 0 Å². The summed E-state index contributed by atoms with van der Waals surface area (Å²) in [4.78, 5) is 6.94. The van der Waals surface area contributed by atoms with Crippen LogP contribution in [-0.4, -0.2) is 27.5 Å². The molecule has 0 unspecified atom stereocenters. The Hall–Kier alpha value is -0.830. The molecule has 0 radical (unpaired) electrons. The van der Waals surface area contributed by atoms with E-state index >= 15 is 0 Å². The van der Waals surface area contributed by atoms with Crippen LogP contribution in [0.4, 0.5) is 0 Å². The van der Waals surface area contributed by atoms with Crippen molar-refractivity contribution in [3.8, 4) is 0 Å². The molecule has 3 nitrogen and oxygen atoms in total. The molecule has 0 aromatic carbocycles. The van der Waals surface area contributed by atoms with Gasteiger partial charge in [-0.1, -0.05) is 20.8 Å². The molecule has 0 N–H and O–H groups in total. The summed E-state index contributed by atoms with van der Waals surface area (Å²) in [5.41, 5.74) is 1.80. The van der Waals surface area contributed by atoms with Gasteiger partial charge in [-0.3, -0.25) is 4.90 Å². The standard InChI is InChI=1S/C15H27N3/c1-12-16-10-14(17(12)5)11-18-8-6-13(7-9-18)15(2,3)4/h10,13H,6-9,11H2,1-5H3. The normalized spacial score (nSPS) is 19.4. The predicted octanol–water partition coefficient (Wildman–Crippen LogP) is 2.99. The molecule has 0 bridgehead atoms. The summed E-state index contributed by atoms with van der Waals surface area (Å²) in [6.45, 7) is 12.7. The third-order valence-electron chi connectivity index (χ3n) is 4.51. The number of piperidine rings is 1. The minimum atomic E-state index is 0.467. The zero-order valence-corrected chi connectivity index (χ0v) is 12.5. The molecule has 1 saturated heterocycles. The molecule has 102 valence electrons. The van der Waals surface area contributed by atoms with Crippen LogP contribution in [0.2, 0.25) is 0 Å². The van der Waals surface area contributed by atoms with Crippen LogP contribution in [0.1, 0.15) is 45.1 Å². The van der Waals surface area contributed by atoms with Crippen LogP contribution in [0.15, 0.2) is 6.20 Å². The Morgan fingerprint density at radius 1 is 1.28 bits per heavy atom. The Kier molecular flexibility index (Phi) is 3.81. The Bertz CT molecular complexity index is 392. The largest absolute Gasteiger partial charge is 0.334 e. The predicted molar refractivity (Wildman–Crippen MR) is 75.4 cm³/mol. The van der Waals surface area contributed by atoms with Crippen molar-refractivity contribution in [2.45, 2.75) is 47.1 Å². The van der Waals surface area contributed by atoms with Gasteiger partial charge in [0, 0.05) is 19.8 Å². The van der Waals surface area contributed by atoms with Crippen molar-refractivity contribution < 1.29 is 0 Å². The minimum absolute atomic E-state index is 0.467. The molecule has 0 aliphatic carbocycles. The van der Waals surface area contributed by atoms with Gasteiger partial charge in [-0.05, 0) is 44.2 Å². The number of rotatable bonds is 2. The van der Waals surface area contributed by atoms with Crippen molar-refractivity contribution in [2.24, 2.45) is 18.4 Å². The molecule has 2 heterocycles. The molecule has 1 aromatic heterocycles. The first kappa shape index (κ1) is 13.6. The number of aryl methyl sites for hydroxylation is 1. The molecular weight excluding hydrogens is 222 g/mol.